The zero-order valence-electron chi connectivity index (χ0n) is 13.5. The Morgan fingerprint density at radius 3 is 2.88 bits per heavy atom. The maximum absolute atomic E-state index is 11.9. The summed E-state index contributed by atoms with van der Waals surface area (Å²) in [6.45, 7) is 0.704. The molecule has 1 aliphatic heterocycles. The van der Waals surface area contributed by atoms with Crippen LogP contribution in [0.5, 0.6) is 11.5 Å². The summed E-state index contributed by atoms with van der Waals surface area (Å²) in [5.74, 6) is 2.21. The topological polar surface area (TPSA) is 82.6 Å². The van der Waals surface area contributed by atoms with Crippen LogP contribution >= 0.6 is 11.6 Å². The molecular weight excluding hydrogens is 346 g/mol. The first-order valence-electron chi connectivity index (χ1n) is 7.94. The maximum atomic E-state index is 11.9. The third-order valence-corrected chi connectivity index (χ3v) is 4.44. The van der Waals surface area contributed by atoms with Gasteiger partial charge in [0, 0.05) is 12.5 Å². The summed E-state index contributed by atoms with van der Waals surface area (Å²) in [6.07, 6.45) is 2.04. The monoisotopic (exact) mass is 361 g/mol. The molecular formula is C17H16ClN3O4. The highest BCUT2D eigenvalue weighted by molar-refractivity contribution is 6.35. The number of nitrogens with zero attached hydrogens (tertiary/aromatic N) is 2. The van der Waals surface area contributed by atoms with Crippen molar-refractivity contribution in [1.82, 2.24) is 9.97 Å². The molecule has 4 rings (SSSR count). The average Bonchev–Trinajstić information content (AvgIpc) is 3.37. The number of nitrogens with one attached hydrogen (secondary N) is 1. The lowest BCUT2D eigenvalue weighted by Gasteiger charge is -2.12. The molecule has 1 N–H and O–H groups in total. The molecule has 1 aromatic carbocycles. The number of carbonyl (C=O) groups excluding carboxylic acids is 1. The number of hydrogen-bond donors (Lipinski definition) is 1. The van der Waals surface area contributed by atoms with E-state index in [0.717, 1.165) is 24.2 Å². The van der Waals surface area contributed by atoms with Crippen molar-refractivity contribution in [3.63, 3.8) is 0 Å². The number of fused-ring (bicyclic) bond motifs is 1. The van der Waals surface area contributed by atoms with E-state index in [2.05, 4.69) is 15.3 Å². The first-order chi connectivity index (χ1) is 12.2. The molecule has 8 heteroatoms. The highest BCUT2D eigenvalue weighted by Gasteiger charge is 2.30. The number of halogens is 1. The first-order valence-corrected chi connectivity index (χ1v) is 8.31. The molecule has 1 saturated carbocycles. The number of ether oxygens (including phenoxy) is 3. The number of carbonyl (C=O) groups is 1. The SMILES string of the molecule is COC(=O)c1nc(C2CC2)nc(NCc2ccc3c(c2)OCO3)c1Cl. The van der Waals surface area contributed by atoms with Gasteiger partial charge in [0.15, 0.2) is 17.2 Å². The van der Waals surface area contributed by atoms with Gasteiger partial charge in [-0.05, 0) is 30.5 Å². The summed E-state index contributed by atoms with van der Waals surface area (Å²) in [7, 11) is 1.30. The van der Waals surface area contributed by atoms with Gasteiger partial charge in [0.1, 0.15) is 16.7 Å². The van der Waals surface area contributed by atoms with Crippen LogP contribution in [0, 0.1) is 0 Å². The summed E-state index contributed by atoms with van der Waals surface area (Å²) in [5, 5.41) is 3.34. The lowest BCUT2D eigenvalue weighted by Crippen LogP contribution is -2.12. The summed E-state index contributed by atoms with van der Waals surface area (Å²) in [5.41, 5.74) is 1.07. The minimum absolute atomic E-state index is 0.0919. The van der Waals surface area contributed by atoms with Crippen molar-refractivity contribution in [2.45, 2.75) is 25.3 Å². The molecule has 2 aromatic rings. The van der Waals surface area contributed by atoms with Gasteiger partial charge in [0.05, 0.1) is 7.11 Å². The normalized spacial score (nSPS) is 15.1. The molecule has 130 valence electrons. The zero-order valence-corrected chi connectivity index (χ0v) is 14.3. The molecule has 0 saturated heterocycles. The van der Waals surface area contributed by atoms with Gasteiger partial charge in [-0.3, -0.25) is 0 Å². The smallest absolute Gasteiger partial charge is 0.358 e. The number of rotatable bonds is 5. The predicted molar refractivity (Wildman–Crippen MR) is 90.2 cm³/mol. The maximum Gasteiger partial charge on any atom is 0.358 e. The second-order valence-electron chi connectivity index (χ2n) is 5.90. The molecule has 7 nitrogen and oxygen atoms in total. The molecule has 1 aliphatic carbocycles. The van der Waals surface area contributed by atoms with E-state index in [-0.39, 0.29) is 23.4 Å². The minimum Gasteiger partial charge on any atom is -0.464 e. The first kappa shape index (κ1) is 16.0. The predicted octanol–water partition coefficient (Wildman–Crippen LogP) is 3.13. The van der Waals surface area contributed by atoms with Gasteiger partial charge in [0.25, 0.3) is 0 Å². The summed E-state index contributed by atoms with van der Waals surface area (Å²) in [6, 6.07) is 5.68. The Labute approximate surface area is 149 Å². The molecule has 0 bridgehead atoms. The van der Waals surface area contributed by atoms with Crippen LogP contribution in [0.15, 0.2) is 18.2 Å². The van der Waals surface area contributed by atoms with Crippen molar-refractivity contribution >= 4 is 23.4 Å². The van der Waals surface area contributed by atoms with Crippen LogP contribution in [-0.2, 0) is 11.3 Å². The minimum atomic E-state index is -0.569. The Bertz CT molecular complexity index is 839. The van der Waals surface area contributed by atoms with Gasteiger partial charge >= 0.3 is 5.97 Å². The fourth-order valence-electron chi connectivity index (χ4n) is 2.57. The number of aromatic nitrogens is 2. The number of esters is 1. The lowest BCUT2D eigenvalue weighted by atomic mass is 10.2. The van der Waals surface area contributed by atoms with Crippen molar-refractivity contribution in [1.29, 1.82) is 0 Å². The largest absolute Gasteiger partial charge is 0.464 e. The standard InChI is InChI=1S/C17H16ClN3O4/c1-23-17(22)14-13(18)16(21-15(20-14)10-3-4-10)19-7-9-2-5-11-12(6-9)25-8-24-11/h2,5-6,10H,3-4,7-8H2,1H3,(H,19,20,21). The van der Waals surface area contributed by atoms with E-state index in [1.807, 2.05) is 18.2 Å². The van der Waals surface area contributed by atoms with E-state index in [4.69, 9.17) is 25.8 Å². The van der Waals surface area contributed by atoms with Crippen LogP contribution in [0.4, 0.5) is 5.82 Å². The van der Waals surface area contributed by atoms with Crippen molar-refractivity contribution in [2.75, 3.05) is 19.2 Å². The second-order valence-corrected chi connectivity index (χ2v) is 6.28. The van der Waals surface area contributed by atoms with Crippen LogP contribution in [0.25, 0.3) is 0 Å². The molecule has 2 aliphatic rings. The third kappa shape index (κ3) is 3.19. The summed E-state index contributed by atoms with van der Waals surface area (Å²) < 4.78 is 15.4. The molecule has 0 amide bonds. The molecule has 1 fully saturated rings. The van der Waals surface area contributed by atoms with Gasteiger partial charge < -0.3 is 19.5 Å². The fourth-order valence-corrected chi connectivity index (χ4v) is 2.80. The van der Waals surface area contributed by atoms with Crippen LogP contribution in [0.1, 0.15) is 40.6 Å². The van der Waals surface area contributed by atoms with E-state index in [0.29, 0.717) is 23.9 Å². The van der Waals surface area contributed by atoms with Gasteiger partial charge in [-0.2, -0.15) is 0 Å². The number of hydrogen-bond acceptors (Lipinski definition) is 7. The van der Waals surface area contributed by atoms with E-state index in [9.17, 15) is 4.79 Å². The van der Waals surface area contributed by atoms with E-state index < -0.39 is 5.97 Å². The molecule has 0 radical (unpaired) electrons. The van der Waals surface area contributed by atoms with Crippen molar-refractivity contribution in [3.8, 4) is 11.5 Å². The Morgan fingerprint density at radius 1 is 1.32 bits per heavy atom. The molecule has 0 atom stereocenters. The summed E-state index contributed by atoms with van der Waals surface area (Å²) >= 11 is 6.31. The number of methoxy groups -OCH3 is 1. The fraction of sp³-hybridized carbons (Fsp3) is 0.353. The summed E-state index contributed by atoms with van der Waals surface area (Å²) in [4.78, 5) is 20.7. The Hall–Kier alpha value is -2.54. The second kappa shape index (κ2) is 6.40. The van der Waals surface area contributed by atoms with Crippen LogP contribution in [0.3, 0.4) is 0 Å². The van der Waals surface area contributed by atoms with Crippen molar-refractivity contribution < 1.29 is 19.0 Å². The highest BCUT2D eigenvalue weighted by atomic mass is 35.5. The molecule has 1 aromatic heterocycles. The number of benzene rings is 1. The van der Waals surface area contributed by atoms with Gasteiger partial charge in [-0.1, -0.05) is 17.7 Å². The zero-order chi connectivity index (χ0) is 17.4. The van der Waals surface area contributed by atoms with Gasteiger partial charge in [0.2, 0.25) is 6.79 Å². The average molecular weight is 362 g/mol. The molecule has 2 heterocycles. The third-order valence-electron chi connectivity index (χ3n) is 4.09. The molecule has 0 spiro atoms. The van der Waals surface area contributed by atoms with Crippen molar-refractivity contribution in [2.24, 2.45) is 0 Å². The van der Waals surface area contributed by atoms with Crippen molar-refractivity contribution in [3.05, 3.63) is 40.3 Å². The lowest BCUT2D eigenvalue weighted by molar-refractivity contribution is 0.0593. The van der Waals surface area contributed by atoms with E-state index in [1.54, 1.807) is 0 Å². The Kier molecular flexibility index (Phi) is 4.09. The van der Waals surface area contributed by atoms with Crippen LogP contribution in [0.2, 0.25) is 5.02 Å². The van der Waals surface area contributed by atoms with Gasteiger partial charge in [-0.25, -0.2) is 14.8 Å². The molecule has 25 heavy (non-hydrogen) atoms. The highest BCUT2D eigenvalue weighted by Crippen LogP contribution is 2.40. The quantitative estimate of drug-likeness (QED) is 0.819. The van der Waals surface area contributed by atoms with E-state index in [1.165, 1.54) is 7.11 Å². The Balaban J connectivity index is 1.58. The Morgan fingerprint density at radius 2 is 2.12 bits per heavy atom. The van der Waals surface area contributed by atoms with Gasteiger partial charge in [-0.15, -0.1) is 0 Å². The van der Waals surface area contributed by atoms with E-state index >= 15 is 0 Å². The van der Waals surface area contributed by atoms with Crippen LogP contribution < -0.4 is 14.8 Å². The molecule has 0 unspecified atom stereocenters. The van der Waals surface area contributed by atoms with Crippen LogP contribution in [-0.4, -0.2) is 29.8 Å². The number of anilines is 1.